The third kappa shape index (κ3) is 3.25. The highest BCUT2D eigenvalue weighted by atomic mass is 19.3. The molecule has 3 N–H and O–H groups in total. The van der Waals surface area contributed by atoms with Crippen molar-refractivity contribution in [2.45, 2.75) is 31.2 Å². The van der Waals surface area contributed by atoms with Gasteiger partial charge in [0.15, 0.2) is 5.96 Å². The molecule has 3 rings (SSSR count). The summed E-state index contributed by atoms with van der Waals surface area (Å²) in [5, 5.41) is 9.87. The number of alkyl halides is 2. The molecule has 0 saturated heterocycles. The number of hydrogen-bond acceptors (Lipinski definition) is 4. The molecule has 5 nitrogen and oxygen atoms in total. The van der Waals surface area contributed by atoms with Crippen LogP contribution in [0.4, 0.5) is 8.78 Å². The van der Waals surface area contributed by atoms with E-state index < -0.39 is 17.4 Å². The number of phenols is 1. The molecule has 2 aromatic rings. The Hall–Kier alpha value is -2.96. The van der Waals surface area contributed by atoms with Gasteiger partial charge < -0.3 is 10.8 Å². The minimum Gasteiger partial charge on any atom is -0.508 e. The zero-order chi connectivity index (χ0) is 20.0. The number of hydrogen-bond donors (Lipinski definition) is 2. The Morgan fingerprint density at radius 1 is 1.22 bits per heavy atom. The van der Waals surface area contributed by atoms with Crippen LogP contribution in [0.15, 0.2) is 53.5 Å². The number of nitrogens with two attached hydrogens (primary N) is 1. The SMILES string of the molecule is CN1C(=O)C(c2ccc(C(C)(F)F)cc2)C(C)(c2cccc(O)c2)N=C1N. The fourth-order valence-electron chi connectivity index (χ4n) is 3.41. The van der Waals surface area contributed by atoms with Crippen molar-refractivity contribution >= 4 is 11.9 Å². The number of benzene rings is 2. The summed E-state index contributed by atoms with van der Waals surface area (Å²) in [6.07, 6.45) is 0. The Balaban J connectivity index is 2.16. The lowest BCUT2D eigenvalue weighted by atomic mass is 9.74. The number of amides is 1. The van der Waals surface area contributed by atoms with E-state index in [2.05, 4.69) is 4.99 Å². The molecule has 27 heavy (non-hydrogen) atoms. The van der Waals surface area contributed by atoms with Gasteiger partial charge in [-0.1, -0.05) is 36.4 Å². The number of carbonyl (C=O) groups excluding carboxylic acids is 1. The van der Waals surface area contributed by atoms with Crippen LogP contribution in [0.2, 0.25) is 0 Å². The first kappa shape index (κ1) is 18.8. The van der Waals surface area contributed by atoms with Crippen LogP contribution in [0.1, 0.15) is 36.5 Å². The zero-order valence-corrected chi connectivity index (χ0v) is 15.3. The largest absolute Gasteiger partial charge is 0.508 e. The molecule has 2 aromatic carbocycles. The molecule has 0 radical (unpaired) electrons. The number of phenolic OH excluding ortho intramolecular Hbond substituents is 1. The van der Waals surface area contributed by atoms with Crippen LogP contribution in [-0.4, -0.2) is 28.9 Å². The Bertz CT molecular complexity index is 906. The number of aliphatic imine (C=N–C) groups is 1. The molecule has 1 aliphatic heterocycles. The van der Waals surface area contributed by atoms with Gasteiger partial charge in [0.25, 0.3) is 5.92 Å². The maximum absolute atomic E-state index is 13.5. The van der Waals surface area contributed by atoms with Crippen molar-refractivity contribution in [3.8, 4) is 5.75 Å². The summed E-state index contributed by atoms with van der Waals surface area (Å²) in [4.78, 5) is 18.8. The number of likely N-dealkylation sites (N-methyl/N-ethyl adjacent to an activating group) is 1. The summed E-state index contributed by atoms with van der Waals surface area (Å²) in [5.41, 5.74) is 5.85. The van der Waals surface area contributed by atoms with Crippen LogP contribution >= 0.6 is 0 Å². The number of carbonyl (C=O) groups is 1. The van der Waals surface area contributed by atoms with Crippen LogP contribution in [0.3, 0.4) is 0 Å². The molecular formula is C20H21F2N3O2. The predicted octanol–water partition coefficient (Wildman–Crippen LogP) is 3.29. The first-order chi connectivity index (χ1) is 12.5. The highest BCUT2D eigenvalue weighted by Crippen LogP contribution is 2.44. The number of aromatic hydroxyl groups is 1. The van der Waals surface area contributed by atoms with Crippen molar-refractivity contribution in [3.63, 3.8) is 0 Å². The third-order valence-electron chi connectivity index (χ3n) is 5.01. The minimum atomic E-state index is -2.97. The average Bonchev–Trinajstić information content (AvgIpc) is 2.59. The summed E-state index contributed by atoms with van der Waals surface area (Å²) < 4.78 is 27.1. The molecule has 142 valence electrons. The topological polar surface area (TPSA) is 78.9 Å². The zero-order valence-electron chi connectivity index (χ0n) is 15.3. The number of guanidine groups is 1. The normalized spacial score (nSPS) is 23.3. The maximum atomic E-state index is 13.5. The van der Waals surface area contributed by atoms with Gasteiger partial charge in [-0.2, -0.15) is 0 Å². The van der Waals surface area contributed by atoms with Gasteiger partial charge in [-0.15, -0.1) is 0 Å². The standard InChI is InChI=1S/C20H21F2N3O2/c1-19(14-5-4-6-15(26)11-14)16(17(27)25(3)18(23)24-19)12-7-9-13(10-8-12)20(2,21)22/h4-11,16,26H,1-3H3,(H2,23,24). The number of rotatable bonds is 3. The summed E-state index contributed by atoms with van der Waals surface area (Å²) in [7, 11) is 1.52. The van der Waals surface area contributed by atoms with Gasteiger partial charge in [-0.05, 0) is 30.2 Å². The van der Waals surface area contributed by atoms with Crippen LogP contribution in [0.25, 0.3) is 0 Å². The molecular weight excluding hydrogens is 352 g/mol. The molecule has 7 heteroatoms. The lowest BCUT2D eigenvalue weighted by molar-refractivity contribution is -0.130. The van der Waals surface area contributed by atoms with Gasteiger partial charge in [0.05, 0.1) is 5.92 Å². The highest BCUT2D eigenvalue weighted by Gasteiger charge is 2.47. The summed E-state index contributed by atoms with van der Waals surface area (Å²) in [6, 6.07) is 12.1. The molecule has 0 aromatic heterocycles. The predicted molar refractivity (Wildman–Crippen MR) is 98.6 cm³/mol. The van der Waals surface area contributed by atoms with Crippen molar-refractivity contribution in [3.05, 3.63) is 65.2 Å². The second-order valence-electron chi connectivity index (χ2n) is 7.01. The monoisotopic (exact) mass is 373 g/mol. The van der Waals surface area contributed by atoms with Crippen molar-refractivity contribution in [1.82, 2.24) is 4.90 Å². The fraction of sp³-hybridized carbons (Fsp3) is 0.300. The molecule has 1 heterocycles. The molecule has 0 aliphatic carbocycles. The molecule has 0 saturated carbocycles. The van der Waals surface area contributed by atoms with E-state index in [0.717, 1.165) is 6.92 Å². The van der Waals surface area contributed by atoms with Crippen LogP contribution < -0.4 is 5.73 Å². The van der Waals surface area contributed by atoms with E-state index in [0.29, 0.717) is 11.1 Å². The Kier molecular flexibility index (Phi) is 4.41. The van der Waals surface area contributed by atoms with Gasteiger partial charge in [-0.25, -0.2) is 13.8 Å². The van der Waals surface area contributed by atoms with E-state index in [1.165, 1.54) is 48.3 Å². The van der Waals surface area contributed by atoms with Gasteiger partial charge in [0.1, 0.15) is 11.3 Å². The minimum absolute atomic E-state index is 0.0357. The molecule has 0 fully saturated rings. The van der Waals surface area contributed by atoms with E-state index in [4.69, 9.17) is 5.73 Å². The highest BCUT2D eigenvalue weighted by molar-refractivity contribution is 6.02. The Morgan fingerprint density at radius 2 is 1.85 bits per heavy atom. The van der Waals surface area contributed by atoms with E-state index >= 15 is 0 Å². The summed E-state index contributed by atoms with van der Waals surface area (Å²) >= 11 is 0. The molecule has 1 aliphatic rings. The fourth-order valence-corrected chi connectivity index (χ4v) is 3.41. The van der Waals surface area contributed by atoms with E-state index in [9.17, 15) is 18.7 Å². The number of nitrogens with zero attached hydrogens (tertiary/aromatic N) is 2. The molecule has 0 bridgehead atoms. The third-order valence-corrected chi connectivity index (χ3v) is 5.01. The molecule has 1 amide bonds. The lowest BCUT2D eigenvalue weighted by Crippen LogP contribution is -2.52. The van der Waals surface area contributed by atoms with Crippen LogP contribution in [0.5, 0.6) is 5.75 Å². The van der Waals surface area contributed by atoms with Gasteiger partial charge in [0.2, 0.25) is 5.91 Å². The van der Waals surface area contributed by atoms with Gasteiger partial charge in [0, 0.05) is 19.5 Å². The van der Waals surface area contributed by atoms with Gasteiger partial charge in [-0.3, -0.25) is 9.69 Å². The average molecular weight is 373 g/mol. The first-order valence-corrected chi connectivity index (χ1v) is 8.44. The van der Waals surface area contributed by atoms with E-state index in [1.807, 2.05) is 0 Å². The number of halogens is 2. The van der Waals surface area contributed by atoms with Crippen molar-refractivity contribution < 1.29 is 18.7 Å². The van der Waals surface area contributed by atoms with Crippen molar-refractivity contribution in [2.24, 2.45) is 10.7 Å². The lowest BCUT2D eigenvalue weighted by Gasteiger charge is -2.41. The van der Waals surface area contributed by atoms with Crippen molar-refractivity contribution in [2.75, 3.05) is 7.05 Å². The second kappa shape index (κ2) is 6.33. The maximum Gasteiger partial charge on any atom is 0.270 e. The Labute approximate surface area is 156 Å². The van der Waals surface area contributed by atoms with Gasteiger partial charge >= 0.3 is 0 Å². The molecule has 2 unspecified atom stereocenters. The Morgan fingerprint density at radius 3 is 2.41 bits per heavy atom. The van der Waals surface area contributed by atoms with Crippen LogP contribution in [-0.2, 0) is 16.3 Å². The van der Waals surface area contributed by atoms with E-state index in [1.54, 1.807) is 19.1 Å². The second-order valence-corrected chi connectivity index (χ2v) is 7.01. The van der Waals surface area contributed by atoms with E-state index in [-0.39, 0.29) is 23.2 Å². The smallest absolute Gasteiger partial charge is 0.270 e. The quantitative estimate of drug-likeness (QED) is 0.867. The summed E-state index contributed by atoms with van der Waals surface area (Å²) in [5.74, 6) is -3.96. The molecule has 2 atom stereocenters. The van der Waals surface area contributed by atoms with Crippen LogP contribution in [0, 0.1) is 0 Å². The summed E-state index contributed by atoms with van der Waals surface area (Å²) in [6.45, 7) is 2.57. The first-order valence-electron chi connectivity index (χ1n) is 8.44. The molecule has 0 spiro atoms. The van der Waals surface area contributed by atoms with Crippen molar-refractivity contribution in [1.29, 1.82) is 0 Å².